The maximum absolute atomic E-state index is 12.3. The van der Waals surface area contributed by atoms with E-state index in [0.29, 0.717) is 21.9 Å². The average Bonchev–Trinajstić information content (AvgIpc) is 2.65. The fraction of sp³-hybridized carbons (Fsp3) is 0.545. The van der Waals surface area contributed by atoms with Gasteiger partial charge in [0.2, 0.25) is 0 Å². The summed E-state index contributed by atoms with van der Waals surface area (Å²) in [7, 11) is 0. The van der Waals surface area contributed by atoms with Crippen LogP contribution in [-0.2, 0) is 0 Å². The van der Waals surface area contributed by atoms with Crippen molar-refractivity contribution < 1.29 is 8.78 Å². The molecule has 3 nitrogen and oxygen atoms in total. The van der Waals surface area contributed by atoms with E-state index in [4.69, 9.17) is 0 Å². The molecule has 0 radical (unpaired) electrons. The maximum Gasteiger partial charge on any atom is 0.333 e. The first-order valence-electron chi connectivity index (χ1n) is 5.20. The van der Waals surface area contributed by atoms with Gasteiger partial charge in [0.1, 0.15) is 0 Å². The molecular weight excluding hydrogens is 212 g/mol. The van der Waals surface area contributed by atoms with Crippen molar-refractivity contribution in [1.82, 2.24) is 15.1 Å². The second kappa shape index (κ2) is 5.09. The number of nitrogens with one attached hydrogen (secondary N) is 1. The molecule has 0 aliphatic heterocycles. The molecule has 1 aromatic heterocycles. The topological polar surface area (TPSA) is 29.9 Å². The van der Waals surface area contributed by atoms with Crippen LogP contribution in [0.15, 0.2) is 19.0 Å². The fourth-order valence-corrected chi connectivity index (χ4v) is 1.13. The van der Waals surface area contributed by atoms with Crippen molar-refractivity contribution in [3.05, 3.63) is 24.5 Å². The van der Waals surface area contributed by atoms with Gasteiger partial charge in [0, 0.05) is 23.5 Å². The van der Waals surface area contributed by atoms with Crippen molar-refractivity contribution >= 4 is 5.70 Å². The van der Waals surface area contributed by atoms with Gasteiger partial charge >= 0.3 is 6.55 Å². The van der Waals surface area contributed by atoms with Crippen LogP contribution < -0.4 is 5.32 Å². The smallest absolute Gasteiger partial charge is 0.333 e. The second-order valence-electron chi connectivity index (χ2n) is 4.14. The molecule has 0 aliphatic rings. The molecule has 0 aliphatic carbocycles. The van der Waals surface area contributed by atoms with E-state index < -0.39 is 6.55 Å². The van der Waals surface area contributed by atoms with Gasteiger partial charge in [-0.1, -0.05) is 20.4 Å². The number of rotatable bonds is 5. The first-order chi connectivity index (χ1) is 7.41. The summed E-state index contributed by atoms with van der Waals surface area (Å²) in [5, 5.41) is 6.71. The lowest BCUT2D eigenvalue weighted by Gasteiger charge is -2.19. The highest BCUT2D eigenvalue weighted by molar-refractivity contribution is 5.60. The lowest BCUT2D eigenvalue weighted by molar-refractivity contribution is 0.0566. The Morgan fingerprint density at radius 2 is 2.06 bits per heavy atom. The molecule has 0 amide bonds. The molecule has 5 heteroatoms. The van der Waals surface area contributed by atoms with Crippen molar-refractivity contribution in [3.63, 3.8) is 0 Å². The molecule has 0 aromatic carbocycles. The van der Waals surface area contributed by atoms with E-state index in [9.17, 15) is 8.78 Å². The van der Waals surface area contributed by atoms with E-state index in [1.807, 2.05) is 6.92 Å². The molecule has 1 aromatic rings. The molecule has 1 rings (SSSR count). The van der Waals surface area contributed by atoms with E-state index >= 15 is 0 Å². The quantitative estimate of drug-likeness (QED) is 0.841. The number of halogens is 2. The molecule has 0 fully saturated rings. The predicted molar refractivity (Wildman–Crippen MR) is 59.9 cm³/mol. The van der Waals surface area contributed by atoms with Gasteiger partial charge in [-0.25, -0.2) is 4.68 Å². The number of alkyl halides is 2. The zero-order valence-corrected chi connectivity index (χ0v) is 9.74. The average molecular weight is 229 g/mol. The van der Waals surface area contributed by atoms with Gasteiger partial charge in [0.15, 0.2) is 0 Å². The lowest BCUT2D eigenvalue weighted by atomic mass is 10.1. The predicted octanol–water partition coefficient (Wildman–Crippen LogP) is 2.88. The van der Waals surface area contributed by atoms with E-state index in [0.717, 1.165) is 0 Å². The van der Waals surface area contributed by atoms with Crippen LogP contribution in [0.5, 0.6) is 0 Å². The van der Waals surface area contributed by atoms with Crippen LogP contribution in [0.1, 0.15) is 32.9 Å². The molecule has 0 saturated carbocycles. The summed E-state index contributed by atoms with van der Waals surface area (Å²) in [5.41, 5.74) is 1.21. The highest BCUT2D eigenvalue weighted by atomic mass is 19.3. The molecule has 0 bridgehead atoms. The molecule has 90 valence electrons. The summed E-state index contributed by atoms with van der Waals surface area (Å²) in [6.45, 7) is 7.38. The van der Waals surface area contributed by atoms with Crippen LogP contribution in [0, 0.1) is 5.92 Å². The van der Waals surface area contributed by atoms with E-state index in [2.05, 4.69) is 30.8 Å². The van der Waals surface area contributed by atoms with Crippen LogP contribution in [0.2, 0.25) is 0 Å². The minimum atomic E-state index is -2.61. The second-order valence-corrected chi connectivity index (χ2v) is 4.14. The van der Waals surface area contributed by atoms with Gasteiger partial charge in [-0.2, -0.15) is 13.9 Å². The van der Waals surface area contributed by atoms with E-state index in [1.165, 1.54) is 12.4 Å². The van der Waals surface area contributed by atoms with Gasteiger partial charge in [-0.15, -0.1) is 0 Å². The van der Waals surface area contributed by atoms with Crippen LogP contribution in [-0.4, -0.2) is 15.8 Å². The van der Waals surface area contributed by atoms with Crippen molar-refractivity contribution in [3.8, 4) is 0 Å². The minimum absolute atomic E-state index is 0.238. The van der Waals surface area contributed by atoms with Crippen molar-refractivity contribution in [2.75, 3.05) is 0 Å². The van der Waals surface area contributed by atoms with Gasteiger partial charge in [-0.3, -0.25) is 0 Å². The number of hydrogen-bond donors (Lipinski definition) is 1. The SMILES string of the molecule is C=C(N[C@H](C)C(C)C)c1cnn(C(F)F)c1. The Morgan fingerprint density at radius 1 is 1.44 bits per heavy atom. The molecule has 16 heavy (non-hydrogen) atoms. The zero-order chi connectivity index (χ0) is 12.3. The van der Waals surface area contributed by atoms with Crippen molar-refractivity contribution in [2.45, 2.75) is 33.4 Å². The van der Waals surface area contributed by atoms with Gasteiger partial charge < -0.3 is 5.32 Å². The van der Waals surface area contributed by atoms with E-state index in [-0.39, 0.29) is 6.04 Å². The third-order valence-electron chi connectivity index (χ3n) is 2.55. The summed E-state index contributed by atoms with van der Waals surface area (Å²) >= 11 is 0. The zero-order valence-electron chi connectivity index (χ0n) is 9.74. The molecular formula is C11H17F2N3. The standard InChI is InChI=1S/C11H17F2N3/c1-7(2)8(3)15-9(4)10-5-14-16(6-10)11(12)13/h5-8,11,15H,4H2,1-3H3/t8-/m1/s1. The van der Waals surface area contributed by atoms with Crippen LogP contribution in [0.3, 0.4) is 0 Å². The number of nitrogens with zero attached hydrogens (tertiary/aromatic N) is 2. The molecule has 1 heterocycles. The Balaban J connectivity index is 2.66. The summed E-state index contributed by atoms with van der Waals surface area (Å²) in [6, 6.07) is 0.238. The summed E-state index contributed by atoms with van der Waals surface area (Å²) in [5.74, 6) is 0.446. The molecule has 0 unspecified atom stereocenters. The first-order valence-corrected chi connectivity index (χ1v) is 5.20. The Hall–Kier alpha value is -1.39. The van der Waals surface area contributed by atoms with Gasteiger partial charge in [-0.05, 0) is 12.8 Å². The normalized spacial score (nSPS) is 13.2. The highest BCUT2D eigenvalue weighted by Gasteiger charge is 2.12. The molecule has 0 saturated heterocycles. The third-order valence-corrected chi connectivity index (χ3v) is 2.55. The number of aromatic nitrogens is 2. The molecule has 1 N–H and O–H groups in total. The maximum atomic E-state index is 12.3. The van der Waals surface area contributed by atoms with Crippen molar-refractivity contribution in [1.29, 1.82) is 0 Å². The molecule has 0 spiro atoms. The Labute approximate surface area is 94.1 Å². The Bertz CT molecular complexity index is 358. The minimum Gasteiger partial charge on any atom is -0.382 e. The monoisotopic (exact) mass is 229 g/mol. The molecule has 1 atom stereocenters. The van der Waals surface area contributed by atoms with Crippen molar-refractivity contribution in [2.24, 2.45) is 5.92 Å². The first kappa shape index (κ1) is 12.7. The summed E-state index contributed by atoms with van der Waals surface area (Å²) in [4.78, 5) is 0. The number of hydrogen-bond acceptors (Lipinski definition) is 2. The van der Waals surface area contributed by atoms with E-state index in [1.54, 1.807) is 0 Å². The van der Waals surface area contributed by atoms with Gasteiger partial charge in [0.25, 0.3) is 0 Å². The van der Waals surface area contributed by atoms with Crippen LogP contribution >= 0.6 is 0 Å². The third kappa shape index (κ3) is 3.05. The lowest BCUT2D eigenvalue weighted by Crippen LogP contribution is -2.28. The van der Waals surface area contributed by atoms with Gasteiger partial charge in [0.05, 0.1) is 6.20 Å². The fourth-order valence-electron chi connectivity index (χ4n) is 1.13. The summed E-state index contributed by atoms with van der Waals surface area (Å²) < 4.78 is 25.2. The van der Waals surface area contributed by atoms with Crippen LogP contribution in [0.25, 0.3) is 5.70 Å². The summed E-state index contributed by atoms with van der Waals surface area (Å²) in [6.07, 6.45) is 2.67. The van der Waals surface area contributed by atoms with Crippen LogP contribution in [0.4, 0.5) is 8.78 Å². The largest absolute Gasteiger partial charge is 0.382 e. The Morgan fingerprint density at radius 3 is 2.50 bits per heavy atom. The highest BCUT2D eigenvalue weighted by Crippen LogP contribution is 2.15. The Kier molecular flexibility index (Phi) is 4.04.